The molecule has 1 rings (SSSR count). The zero-order valence-electron chi connectivity index (χ0n) is 8.03. The third-order valence-electron chi connectivity index (χ3n) is 2.11. The quantitative estimate of drug-likeness (QED) is 0.476. The smallest absolute Gasteiger partial charge is 0.228 e. The Kier molecular flexibility index (Phi) is 2.73. The van der Waals surface area contributed by atoms with Crippen LogP contribution in [0.2, 0.25) is 0 Å². The average molecular weight is 190 g/mol. The largest absolute Gasteiger partial charge is 0.310 e. The first kappa shape index (κ1) is 10.1. The molecule has 1 heterocycles. The van der Waals surface area contributed by atoms with Crippen LogP contribution in [0.4, 0.5) is 0 Å². The van der Waals surface area contributed by atoms with Gasteiger partial charge in [0, 0.05) is 13.0 Å². The predicted molar refractivity (Wildman–Crippen MR) is 47.9 cm³/mol. The number of carbonyl (C=O) groups excluding carboxylic acids is 1. The van der Waals surface area contributed by atoms with E-state index in [1.54, 1.807) is 6.92 Å². The predicted octanol–water partition coefficient (Wildman–Crippen LogP) is 0.290. The lowest BCUT2D eigenvalue weighted by Crippen LogP contribution is -2.39. The van der Waals surface area contributed by atoms with E-state index in [4.69, 9.17) is 10.5 Å². The van der Waals surface area contributed by atoms with Crippen LogP contribution in [-0.2, 0) is 4.79 Å². The number of hydrogen-bond donors (Lipinski definition) is 1. The van der Waals surface area contributed by atoms with Crippen LogP contribution in [0.5, 0.6) is 0 Å². The van der Waals surface area contributed by atoms with Gasteiger partial charge < -0.3 is 5.32 Å². The summed E-state index contributed by atoms with van der Waals surface area (Å²) in [5, 5.41) is 20.0. The number of amides is 1. The van der Waals surface area contributed by atoms with Gasteiger partial charge in [-0.3, -0.25) is 9.69 Å². The van der Waals surface area contributed by atoms with Gasteiger partial charge >= 0.3 is 0 Å². The van der Waals surface area contributed by atoms with Crippen LogP contribution in [0.1, 0.15) is 13.3 Å². The zero-order valence-corrected chi connectivity index (χ0v) is 8.03. The van der Waals surface area contributed by atoms with Crippen molar-refractivity contribution in [3.63, 3.8) is 0 Å². The molecule has 0 aromatic rings. The van der Waals surface area contributed by atoms with Gasteiger partial charge in [0.1, 0.15) is 5.82 Å². The molecule has 0 aromatic carbocycles. The Balaban J connectivity index is 3.06. The topological polar surface area (TPSA) is 79.9 Å². The van der Waals surface area contributed by atoms with E-state index in [-0.39, 0.29) is 11.8 Å². The molecule has 1 aliphatic rings. The second-order valence-corrected chi connectivity index (χ2v) is 3.19. The van der Waals surface area contributed by atoms with E-state index in [2.05, 4.69) is 5.32 Å². The van der Waals surface area contributed by atoms with Crippen LogP contribution < -0.4 is 5.32 Å². The van der Waals surface area contributed by atoms with E-state index in [1.165, 1.54) is 11.9 Å². The average Bonchev–Trinajstić information content (AvgIpc) is 2.20. The van der Waals surface area contributed by atoms with E-state index < -0.39 is 0 Å². The molecule has 14 heavy (non-hydrogen) atoms. The van der Waals surface area contributed by atoms with Gasteiger partial charge in [0.05, 0.1) is 11.6 Å². The fraction of sp³-hybridized carbons (Fsp3) is 0.444. The minimum Gasteiger partial charge on any atom is -0.310 e. The maximum Gasteiger partial charge on any atom is 0.228 e. The third-order valence-corrected chi connectivity index (χ3v) is 2.11. The van der Waals surface area contributed by atoms with Gasteiger partial charge in [0.25, 0.3) is 0 Å². The van der Waals surface area contributed by atoms with Crippen molar-refractivity contribution in [3.8, 4) is 12.3 Å². The van der Waals surface area contributed by atoms with Gasteiger partial charge in [-0.2, -0.15) is 10.5 Å². The maximum absolute atomic E-state index is 11.3. The Hall–Kier alpha value is -2.01. The number of hydrogen-bond acceptors (Lipinski definition) is 4. The number of rotatable bonds is 1. The first-order valence-electron chi connectivity index (χ1n) is 4.17. The minimum absolute atomic E-state index is 0.152. The molecule has 1 aliphatic heterocycles. The highest BCUT2D eigenvalue weighted by Gasteiger charge is 2.26. The molecule has 1 amide bonds. The van der Waals surface area contributed by atoms with E-state index in [1.807, 2.05) is 12.3 Å². The summed E-state index contributed by atoms with van der Waals surface area (Å²) in [6.07, 6.45) is 2.24. The normalized spacial score (nSPS) is 20.9. The number of allylic oxidation sites excluding steroid dienone is 1. The number of carbonyl (C=O) groups is 1. The Labute approximate surface area is 82.2 Å². The van der Waals surface area contributed by atoms with Crippen molar-refractivity contribution >= 4 is 5.91 Å². The molecule has 1 N–H and O–H groups in total. The zero-order chi connectivity index (χ0) is 10.7. The Bertz CT molecular complexity index is 371. The molecule has 0 bridgehead atoms. The molecule has 0 aromatic heterocycles. The van der Waals surface area contributed by atoms with E-state index in [9.17, 15) is 4.79 Å². The van der Waals surface area contributed by atoms with Crippen molar-refractivity contribution in [1.29, 1.82) is 10.5 Å². The lowest BCUT2D eigenvalue weighted by Gasteiger charge is -2.24. The highest BCUT2D eigenvalue weighted by atomic mass is 16.2. The lowest BCUT2D eigenvalue weighted by molar-refractivity contribution is -0.124. The second kappa shape index (κ2) is 3.80. The Morgan fingerprint density at radius 1 is 1.57 bits per heavy atom. The highest BCUT2D eigenvalue weighted by Crippen LogP contribution is 2.20. The molecule has 5 heteroatoms. The Morgan fingerprint density at radius 2 is 2.21 bits per heavy atom. The van der Waals surface area contributed by atoms with Crippen LogP contribution in [-0.4, -0.2) is 17.9 Å². The first-order valence-corrected chi connectivity index (χ1v) is 4.17. The van der Waals surface area contributed by atoms with Crippen LogP contribution >= 0.6 is 0 Å². The van der Waals surface area contributed by atoms with Crippen molar-refractivity contribution in [2.24, 2.45) is 5.92 Å². The van der Waals surface area contributed by atoms with E-state index >= 15 is 0 Å². The van der Waals surface area contributed by atoms with Gasteiger partial charge in [-0.25, -0.2) is 0 Å². The van der Waals surface area contributed by atoms with Crippen molar-refractivity contribution in [2.75, 3.05) is 7.05 Å². The number of nitriles is 2. The monoisotopic (exact) mass is 190 g/mol. The van der Waals surface area contributed by atoms with Crippen LogP contribution in [0.25, 0.3) is 0 Å². The number of nitrogens with zero attached hydrogens (tertiary/aromatic N) is 3. The molecule has 0 saturated heterocycles. The molecule has 1 unspecified atom stereocenters. The van der Waals surface area contributed by atoms with Gasteiger partial charge in [-0.15, -0.1) is 0 Å². The molecule has 0 spiro atoms. The van der Waals surface area contributed by atoms with Crippen molar-refractivity contribution in [1.82, 2.24) is 10.2 Å². The fourth-order valence-corrected chi connectivity index (χ4v) is 1.25. The van der Waals surface area contributed by atoms with Gasteiger partial charge in [0.2, 0.25) is 5.91 Å². The summed E-state index contributed by atoms with van der Waals surface area (Å²) >= 11 is 0. The van der Waals surface area contributed by atoms with Crippen molar-refractivity contribution in [3.05, 3.63) is 11.4 Å². The SMILES string of the molecule is CC1CC(C#N)=C(N(C)C#N)NC1=O. The summed E-state index contributed by atoms with van der Waals surface area (Å²) in [4.78, 5) is 12.5. The molecule has 0 radical (unpaired) electrons. The molecule has 72 valence electrons. The van der Waals surface area contributed by atoms with Crippen LogP contribution in [0.3, 0.4) is 0 Å². The lowest BCUT2D eigenvalue weighted by atomic mass is 9.97. The first-order chi connectivity index (χ1) is 6.60. The van der Waals surface area contributed by atoms with E-state index in [0.29, 0.717) is 17.8 Å². The van der Waals surface area contributed by atoms with Crippen LogP contribution in [0, 0.1) is 28.7 Å². The van der Waals surface area contributed by atoms with E-state index in [0.717, 1.165) is 0 Å². The summed E-state index contributed by atoms with van der Waals surface area (Å²) in [7, 11) is 1.50. The molecule has 0 aliphatic carbocycles. The molecule has 0 saturated carbocycles. The van der Waals surface area contributed by atoms with Crippen LogP contribution in [0.15, 0.2) is 11.4 Å². The third kappa shape index (κ3) is 1.67. The van der Waals surface area contributed by atoms with Crippen molar-refractivity contribution < 1.29 is 4.79 Å². The molecular formula is C9H10N4O. The van der Waals surface area contributed by atoms with Gasteiger partial charge in [-0.1, -0.05) is 6.92 Å². The molecular weight excluding hydrogens is 180 g/mol. The maximum atomic E-state index is 11.3. The van der Waals surface area contributed by atoms with Crippen molar-refractivity contribution in [2.45, 2.75) is 13.3 Å². The van der Waals surface area contributed by atoms with Gasteiger partial charge in [0.15, 0.2) is 6.19 Å². The summed E-state index contributed by atoms with van der Waals surface area (Å²) in [6, 6.07) is 1.99. The number of nitrogens with one attached hydrogen (secondary N) is 1. The summed E-state index contributed by atoms with van der Waals surface area (Å²) in [6.45, 7) is 1.75. The standard InChI is InChI=1S/C9H10N4O/c1-6-3-7(4-10)8(12-9(6)14)13(2)5-11/h6H,3H2,1-2H3,(H,12,14). The minimum atomic E-state index is -0.208. The summed E-state index contributed by atoms with van der Waals surface area (Å²) in [5.74, 6) is -0.0558. The van der Waals surface area contributed by atoms with Gasteiger partial charge in [-0.05, 0) is 6.42 Å². The summed E-state index contributed by atoms with van der Waals surface area (Å²) < 4.78 is 0. The molecule has 1 atom stereocenters. The molecule has 0 fully saturated rings. The second-order valence-electron chi connectivity index (χ2n) is 3.19. The summed E-state index contributed by atoms with van der Waals surface area (Å²) in [5.41, 5.74) is 0.446. The fourth-order valence-electron chi connectivity index (χ4n) is 1.25. The Morgan fingerprint density at radius 3 is 2.71 bits per heavy atom. The molecule has 5 nitrogen and oxygen atoms in total. The highest BCUT2D eigenvalue weighted by molar-refractivity contribution is 5.82.